The summed E-state index contributed by atoms with van der Waals surface area (Å²) in [5.74, 6) is 1.59. The van der Waals surface area contributed by atoms with Crippen molar-refractivity contribution in [3.05, 3.63) is 34.4 Å². The van der Waals surface area contributed by atoms with Crippen LogP contribution in [-0.4, -0.2) is 23.4 Å². The molecule has 0 bridgehead atoms. The molecule has 4 aliphatic rings. The molecule has 0 radical (unpaired) electrons. The van der Waals surface area contributed by atoms with E-state index < -0.39 is 5.60 Å². The maximum Gasteiger partial charge on any atom is 0.0653 e. The van der Waals surface area contributed by atoms with Crippen molar-refractivity contribution in [2.75, 3.05) is 6.61 Å². The number of fused-ring (bicyclic) bond motifs is 4. The van der Waals surface area contributed by atoms with Gasteiger partial charge >= 0.3 is 0 Å². The van der Waals surface area contributed by atoms with Gasteiger partial charge in [-0.3, -0.25) is 0 Å². The summed E-state index contributed by atoms with van der Waals surface area (Å²) in [5.41, 5.74) is 6.49. The molecule has 0 heterocycles. The van der Waals surface area contributed by atoms with Crippen molar-refractivity contribution in [3.63, 3.8) is 0 Å². The van der Waals surface area contributed by atoms with Gasteiger partial charge < -0.3 is 9.84 Å². The molecule has 4 aliphatic carbocycles. The second kappa shape index (κ2) is 7.62. The second-order valence-corrected chi connectivity index (χ2v) is 12.0. The Morgan fingerprint density at radius 3 is 2.63 bits per heavy atom. The van der Waals surface area contributed by atoms with Crippen LogP contribution in [0.2, 0.25) is 0 Å². The molecule has 7 atom stereocenters. The first-order chi connectivity index (χ1) is 14.0. The van der Waals surface area contributed by atoms with Crippen molar-refractivity contribution in [1.82, 2.24) is 0 Å². The van der Waals surface area contributed by atoms with Crippen molar-refractivity contribution in [2.45, 2.75) is 105 Å². The SMILES string of the molecule is CC(C)=CCO[C@@H](C)[C@H]1CC=C2C3=C(CC[C@@]21C)[C@@]1(C)CC(C)C(C)(O)CC1CC3. The van der Waals surface area contributed by atoms with E-state index in [4.69, 9.17) is 4.74 Å². The Morgan fingerprint density at radius 1 is 1.20 bits per heavy atom. The van der Waals surface area contributed by atoms with Gasteiger partial charge in [0, 0.05) is 0 Å². The van der Waals surface area contributed by atoms with Gasteiger partial charge in [-0.2, -0.15) is 0 Å². The van der Waals surface area contributed by atoms with E-state index in [9.17, 15) is 5.11 Å². The van der Waals surface area contributed by atoms with E-state index in [1.165, 1.54) is 31.3 Å². The predicted octanol–water partition coefficient (Wildman–Crippen LogP) is 7.00. The van der Waals surface area contributed by atoms with Crippen LogP contribution in [0.3, 0.4) is 0 Å². The molecule has 2 nitrogen and oxygen atoms in total. The van der Waals surface area contributed by atoms with Gasteiger partial charge in [0.15, 0.2) is 0 Å². The Kier molecular flexibility index (Phi) is 5.68. The van der Waals surface area contributed by atoms with Crippen LogP contribution in [0.25, 0.3) is 0 Å². The smallest absolute Gasteiger partial charge is 0.0653 e. The molecule has 0 aliphatic heterocycles. The topological polar surface area (TPSA) is 29.5 Å². The number of hydrogen-bond donors (Lipinski definition) is 1. The van der Waals surface area contributed by atoms with E-state index >= 15 is 0 Å². The van der Waals surface area contributed by atoms with Crippen LogP contribution in [0, 0.1) is 28.6 Å². The van der Waals surface area contributed by atoms with Gasteiger partial charge in [0.2, 0.25) is 0 Å². The third-order valence-corrected chi connectivity index (χ3v) is 9.80. The summed E-state index contributed by atoms with van der Waals surface area (Å²) in [4.78, 5) is 0. The van der Waals surface area contributed by atoms with Crippen molar-refractivity contribution < 1.29 is 9.84 Å². The van der Waals surface area contributed by atoms with Crippen LogP contribution < -0.4 is 0 Å². The Bertz CT molecular complexity index is 780. The summed E-state index contributed by atoms with van der Waals surface area (Å²) in [5, 5.41) is 10.9. The third-order valence-electron chi connectivity index (χ3n) is 9.80. The average Bonchev–Trinajstić information content (AvgIpc) is 3.00. The van der Waals surface area contributed by atoms with E-state index in [1.54, 1.807) is 16.7 Å². The second-order valence-electron chi connectivity index (χ2n) is 12.0. The highest BCUT2D eigenvalue weighted by Gasteiger charge is 2.55. The Balaban J connectivity index is 1.59. The molecule has 0 spiro atoms. The van der Waals surface area contributed by atoms with E-state index in [2.05, 4.69) is 60.6 Å². The lowest BCUT2D eigenvalue weighted by molar-refractivity contribution is -0.0886. The Hall–Kier alpha value is -0.860. The molecule has 3 unspecified atom stereocenters. The monoisotopic (exact) mass is 412 g/mol. The minimum atomic E-state index is -0.499. The normalized spacial score (nSPS) is 44.0. The summed E-state index contributed by atoms with van der Waals surface area (Å²) in [6, 6.07) is 0. The largest absolute Gasteiger partial charge is 0.390 e. The highest BCUT2D eigenvalue weighted by Crippen LogP contribution is 2.65. The number of hydrogen-bond acceptors (Lipinski definition) is 2. The summed E-state index contributed by atoms with van der Waals surface area (Å²) < 4.78 is 6.28. The summed E-state index contributed by atoms with van der Waals surface area (Å²) in [6.45, 7) is 16.7. The number of ether oxygens (including phenoxy) is 1. The lowest BCUT2D eigenvalue weighted by Gasteiger charge is -2.57. The fourth-order valence-electron chi connectivity index (χ4n) is 7.59. The van der Waals surface area contributed by atoms with Crippen LogP contribution in [-0.2, 0) is 4.74 Å². The molecule has 30 heavy (non-hydrogen) atoms. The van der Waals surface area contributed by atoms with Gasteiger partial charge in [-0.05, 0) is 112 Å². The van der Waals surface area contributed by atoms with E-state index in [0.717, 1.165) is 25.9 Å². The first-order valence-corrected chi connectivity index (χ1v) is 12.4. The van der Waals surface area contributed by atoms with Crippen LogP contribution >= 0.6 is 0 Å². The lowest BCUT2D eigenvalue weighted by atomic mass is 9.49. The first kappa shape index (κ1) is 22.3. The van der Waals surface area contributed by atoms with Gasteiger partial charge in [-0.15, -0.1) is 0 Å². The standard InChI is InChI=1S/C28H44O2/c1-18(2)13-15-30-20(4)23-10-11-24-22-9-8-21-17-28(7,29)19(3)16-27(21,6)25(22)12-14-26(23,24)5/h11,13,19-21,23,29H,8-10,12,14-17H2,1-7H3/t19?,20-,21?,23+,26+,27-,28?/m0/s1. The quantitative estimate of drug-likeness (QED) is 0.504. The first-order valence-electron chi connectivity index (χ1n) is 12.4. The van der Waals surface area contributed by atoms with Gasteiger partial charge in [-0.25, -0.2) is 0 Å². The van der Waals surface area contributed by atoms with Crippen LogP contribution in [0.1, 0.15) is 93.4 Å². The van der Waals surface area contributed by atoms with Crippen molar-refractivity contribution in [3.8, 4) is 0 Å². The van der Waals surface area contributed by atoms with Gasteiger partial charge in [0.05, 0.1) is 18.3 Å². The van der Waals surface area contributed by atoms with Crippen molar-refractivity contribution >= 4 is 0 Å². The highest BCUT2D eigenvalue weighted by atomic mass is 16.5. The van der Waals surface area contributed by atoms with Crippen LogP contribution in [0.15, 0.2) is 34.4 Å². The molecule has 1 N–H and O–H groups in total. The molecule has 1 fully saturated rings. The van der Waals surface area contributed by atoms with Gasteiger partial charge in [0.1, 0.15) is 0 Å². The van der Waals surface area contributed by atoms with Crippen LogP contribution in [0.4, 0.5) is 0 Å². The van der Waals surface area contributed by atoms with Crippen molar-refractivity contribution in [2.24, 2.45) is 28.6 Å². The number of aliphatic hydroxyl groups is 1. The van der Waals surface area contributed by atoms with Gasteiger partial charge in [0.25, 0.3) is 0 Å². The number of allylic oxidation sites excluding steroid dienone is 5. The fourth-order valence-corrected chi connectivity index (χ4v) is 7.59. The summed E-state index contributed by atoms with van der Waals surface area (Å²) in [7, 11) is 0. The minimum Gasteiger partial charge on any atom is -0.390 e. The maximum atomic E-state index is 10.9. The predicted molar refractivity (Wildman–Crippen MR) is 125 cm³/mol. The number of rotatable bonds is 4. The molecular formula is C28H44O2. The molecule has 2 heteroatoms. The zero-order valence-corrected chi connectivity index (χ0v) is 20.5. The fraction of sp³-hybridized carbons (Fsp3) is 0.786. The van der Waals surface area contributed by atoms with Gasteiger partial charge in [-0.1, -0.05) is 44.1 Å². The molecular weight excluding hydrogens is 368 g/mol. The highest BCUT2D eigenvalue weighted by molar-refractivity contribution is 5.49. The van der Waals surface area contributed by atoms with E-state index in [0.29, 0.717) is 23.9 Å². The molecule has 0 aromatic rings. The minimum absolute atomic E-state index is 0.262. The van der Waals surface area contributed by atoms with Crippen molar-refractivity contribution in [1.29, 1.82) is 0 Å². The van der Waals surface area contributed by atoms with E-state index in [1.807, 2.05) is 0 Å². The molecule has 0 aromatic heterocycles. The van der Waals surface area contributed by atoms with E-state index in [-0.39, 0.29) is 10.8 Å². The molecule has 1 saturated carbocycles. The maximum absolute atomic E-state index is 10.9. The molecule has 0 aromatic carbocycles. The Morgan fingerprint density at radius 2 is 1.93 bits per heavy atom. The Labute approximate surface area is 184 Å². The lowest BCUT2D eigenvalue weighted by Crippen LogP contribution is -2.51. The molecule has 4 rings (SSSR count). The zero-order valence-electron chi connectivity index (χ0n) is 20.5. The average molecular weight is 413 g/mol. The summed E-state index contributed by atoms with van der Waals surface area (Å²) >= 11 is 0. The summed E-state index contributed by atoms with van der Waals surface area (Å²) in [6.07, 6.45) is 13.3. The third kappa shape index (κ3) is 3.47. The van der Waals surface area contributed by atoms with Crippen LogP contribution in [0.5, 0.6) is 0 Å². The molecule has 0 amide bonds. The zero-order chi connectivity index (χ0) is 21.9. The molecule has 168 valence electrons. The molecule has 0 saturated heterocycles.